The maximum absolute atomic E-state index is 14.0. The van der Waals surface area contributed by atoms with Crippen molar-refractivity contribution in [2.24, 2.45) is 0 Å². The monoisotopic (exact) mass is 306 g/mol. The molecule has 1 aromatic heterocycles. The standard InChI is InChI=1S/C14H11FN2O5/c1-7-10(13(19)20)8-3-2-4-9(15)11(8)12(18)17(7)16-5-6-22-14(16)21/h2-4H,5-6H2,1H3,(H,19,20). The number of benzene rings is 1. The van der Waals surface area contributed by atoms with Crippen molar-refractivity contribution in [2.45, 2.75) is 6.92 Å². The average Bonchev–Trinajstić information content (AvgIpc) is 2.84. The van der Waals surface area contributed by atoms with Crippen molar-refractivity contribution in [3.8, 4) is 0 Å². The number of cyclic esters (lactones) is 1. The average molecular weight is 306 g/mol. The zero-order valence-electron chi connectivity index (χ0n) is 11.5. The lowest BCUT2D eigenvalue weighted by Crippen LogP contribution is -2.45. The summed E-state index contributed by atoms with van der Waals surface area (Å²) in [4.78, 5) is 35.8. The molecule has 1 saturated heterocycles. The van der Waals surface area contributed by atoms with Crippen LogP contribution in [0.1, 0.15) is 16.1 Å². The van der Waals surface area contributed by atoms with Crippen molar-refractivity contribution in [1.82, 2.24) is 4.68 Å². The Morgan fingerprint density at radius 1 is 1.36 bits per heavy atom. The van der Waals surface area contributed by atoms with Gasteiger partial charge in [0, 0.05) is 5.39 Å². The normalized spacial score (nSPS) is 14.5. The molecule has 22 heavy (non-hydrogen) atoms. The third kappa shape index (κ3) is 1.84. The van der Waals surface area contributed by atoms with Gasteiger partial charge in [0.1, 0.15) is 12.4 Å². The summed E-state index contributed by atoms with van der Waals surface area (Å²) in [7, 11) is 0. The van der Waals surface area contributed by atoms with E-state index in [2.05, 4.69) is 0 Å². The highest BCUT2D eigenvalue weighted by Crippen LogP contribution is 2.22. The number of aromatic carboxylic acids is 1. The summed E-state index contributed by atoms with van der Waals surface area (Å²) in [6.07, 6.45) is -0.780. The van der Waals surface area contributed by atoms with Crippen molar-refractivity contribution in [3.63, 3.8) is 0 Å². The predicted molar refractivity (Wildman–Crippen MR) is 74.3 cm³/mol. The number of ether oxygens (including phenoxy) is 1. The van der Waals surface area contributed by atoms with E-state index in [1.54, 1.807) is 0 Å². The number of hydrogen-bond acceptors (Lipinski definition) is 4. The second kappa shape index (κ2) is 4.83. The molecular weight excluding hydrogens is 295 g/mol. The number of fused-ring (bicyclic) bond motifs is 1. The molecular formula is C14H11FN2O5. The van der Waals surface area contributed by atoms with Crippen molar-refractivity contribution in [3.05, 3.63) is 45.6 Å². The Balaban J connectivity index is 2.48. The number of carbonyl (C=O) groups is 2. The molecule has 0 spiro atoms. The van der Waals surface area contributed by atoms with E-state index in [1.165, 1.54) is 19.1 Å². The van der Waals surface area contributed by atoms with Crippen LogP contribution in [-0.2, 0) is 4.74 Å². The van der Waals surface area contributed by atoms with Gasteiger partial charge in [0.05, 0.1) is 23.2 Å². The fraction of sp³-hybridized carbons (Fsp3) is 0.214. The number of aromatic nitrogens is 1. The molecule has 0 saturated carbocycles. The molecule has 1 N–H and O–H groups in total. The SMILES string of the molecule is Cc1c(C(=O)O)c2cccc(F)c2c(=O)n1N1CCOC1=O. The van der Waals surface area contributed by atoms with E-state index in [-0.39, 0.29) is 35.2 Å². The second-order valence-corrected chi connectivity index (χ2v) is 4.78. The zero-order chi connectivity index (χ0) is 16.0. The third-order valence-electron chi connectivity index (χ3n) is 3.56. The lowest BCUT2D eigenvalue weighted by Gasteiger charge is -2.21. The van der Waals surface area contributed by atoms with Gasteiger partial charge in [-0.1, -0.05) is 12.1 Å². The quantitative estimate of drug-likeness (QED) is 0.901. The Morgan fingerprint density at radius 2 is 2.09 bits per heavy atom. The Morgan fingerprint density at radius 3 is 2.68 bits per heavy atom. The number of rotatable bonds is 2. The summed E-state index contributed by atoms with van der Waals surface area (Å²) in [5, 5.41) is 10.0. The number of carboxylic acids is 1. The molecule has 0 unspecified atom stereocenters. The molecule has 2 aromatic rings. The van der Waals surface area contributed by atoms with Gasteiger partial charge in [-0.2, -0.15) is 0 Å². The predicted octanol–water partition coefficient (Wildman–Crippen LogP) is 1.24. The summed E-state index contributed by atoms with van der Waals surface area (Å²) >= 11 is 0. The smallest absolute Gasteiger partial charge is 0.429 e. The largest absolute Gasteiger partial charge is 0.478 e. The number of halogens is 1. The molecule has 1 aliphatic rings. The van der Waals surface area contributed by atoms with Gasteiger partial charge in [0.2, 0.25) is 0 Å². The Labute approximate surface area is 123 Å². The van der Waals surface area contributed by atoms with Crippen molar-refractivity contribution in [2.75, 3.05) is 18.2 Å². The highest BCUT2D eigenvalue weighted by atomic mass is 19.1. The number of amides is 1. The maximum Gasteiger partial charge on any atom is 0.429 e. The summed E-state index contributed by atoms with van der Waals surface area (Å²) in [6.45, 7) is 1.54. The molecule has 1 amide bonds. The second-order valence-electron chi connectivity index (χ2n) is 4.78. The van der Waals surface area contributed by atoms with Crippen LogP contribution in [0.2, 0.25) is 0 Å². The van der Waals surface area contributed by atoms with Crippen LogP contribution in [0.25, 0.3) is 10.8 Å². The first-order valence-electron chi connectivity index (χ1n) is 6.45. The minimum absolute atomic E-state index is 0.00110. The number of pyridine rings is 1. The molecule has 1 fully saturated rings. The third-order valence-corrected chi connectivity index (χ3v) is 3.56. The Hall–Kier alpha value is -2.90. The van der Waals surface area contributed by atoms with Crippen LogP contribution < -0.4 is 10.6 Å². The van der Waals surface area contributed by atoms with Gasteiger partial charge in [-0.15, -0.1) is 0 Å². The van der Waals surface area contributed by atoms with Gasteiger partial charge < -0.3 is 9.84 Å². The molecule has 0 aliphatic carbocycles. The number of carboxylic acid groups (broad SMARTS) is 1. The maximum atomic E-state index is 14.0. The molecule has 0 radical (unpaired) electrons. The first kappa shape index (κ1) is 14.1. The number of nitrogens with zero attached hydrogens (tertiary/aromatic N) is 2. The van der Waals surface area contributed by atoms with Crippen molar-refractivity contribution >= 4 is 22.8 Å². The van der Waals surface area contributed by atoms with Gasteiger partial charge in [-0.05, 0) is 13.0 Å². The molecule has 7 nitrogen and oxygen atoms in total. The summed E-state index contributed by atoms with van der Waals surface area (Å²) in [5.74, 6) is -2.15. The molecule has 8 heteroatoms. The first-order chi connectivity index (χ1) is 10.4. The van der Waals surface area contributed by atoms with Crippen LogP contribution in [0.5, 0.6) is 0 Å². The van der Waals surface area contributed by atoms with Gasteiger partial charge in [-0.3, -0.25) is 4.79 Å². The minimum atomic E-state index is -1.31. The van der Waals surface area contributed by atoms with E-state index in [9.17, 15) is 23.9 Å². The molecule has 1 aliphatic heterocycles. The molecule has 2 heterocycles. The van der Waals surface area contributed by atoms with Crippen LogP contribution in [0.3, 0.4) is 0 Å². The van der Waals surface area contributed by atoms with E-state index < -0.39 is 23.4 Å². The fourth-order valence-corrected chi connectivity index (χ4v) is 2.64. The van der Waals surface area contributed by atoms with Gasteiger partial charge in [-0.25, -0.2) is 23.7 Å². The summed E-state index contributed by atoms with van der Waals surface area (Å²) in [6, 6.07) is 3.76. The van der Waals surface area contributed by atoms with E-state index >= 15 is 0 Å². The zero-order valence-corrected chi connectivity index (χ0v) is 11.5. The number of hydrogen-bond donors (Lipinski definition) is 1. The highest BCUT2D eigenvalue weighted by molar-refractivity contribution is 6.04. The Bertz CT molecular complexity index is 874. The molecule has 1 aromatic carbocycles. The van der Waals surface area contributed by atoms with E-state index in [0.717, 1.165) is 15.8 Å². The van der Waals surface area contributed by atoms with E-state index in [1.807, 2.05) is 0 Å². The van der Waals surface area contributed by atoms with Crippen LogP contribution in [0.4, 0.5) is 9.18 Å². The van der Waals surface area contributed by atoms with Crippen LogP contribution in [0.15, 0.2) is 23.0 Å². The van der Waals surface area contributed by atoms with Crippen molar-refractivity contribution in [1.29, 1.82) is 0 Å². The molecule has 114 valence electrons. The minimum Gasteiger partial charge on any atom is -0.478 e. The van der Waals surface area contributed by atoms with Crippen molar-refractivity contribution < 1.29 is 23.8 Å². The molecule has 3 rings (SSSR count). The Kier molecular flexibility index (Phi) is 3.09. The van der Waals surface area contributed by atoms with Gasteiger partial charge >= 0.3 is 12.1 Å². The van der Waals surface area contributed by atoms with Gasteiger partial charge in [0.15, 0.2) is 0 Å². The lowest BCUT2D eigenvalue weighted by atomic mass is 10.0. The van der Waals surface area contributed by atoms with E-state index in [4.69, 9.17) is 4.74 Å². The van der Waals surface area contributed by atoms with Crippen LogP contribution in [0, 0.1) is 12.7 Å². The van der Waals surface area contributed by atoms with Gasteiger partial charge in [0.25, 0.3) is 5.56 Å². The van der Waals surface area contributed by atoms with E-state index in [0.29, 0.717) is 0 Å². The van der Waals surface area contributed by atoms with Crippen LogP contribution >= 0.6 is 0 Å². The molecule has 0 bridgehead atoms. The fourth-order valence-electron chi connectivity index (χ4n) is 2.64. The molecule has 0 atom stereocenters. The summed E-state index contributed by atoms with van der Waals surface area (Å²) < 4.78 is 19.7. The van der Waals surface area contributed by atoms with Crippen LogP contribution in [-0.4, -0.2) is 35.0 Å². The summed E-state index contributed by atoms with van der Waals surface area (Å²) in [5.41, 5.74) is -0.988. The first-order valence-corrected chi connectivity index (χ1v) is 6.45. The lowest BCUT2D eigenvalue weighted by molar-refractivity contribution is 0.0697. The topological polar surface area (TPSA) is 88.8 Å². The number of carbonyl (C=O) groups excluding carboxylic acids is 1. The highest BCUT2D eigenvalue weighted by Gasteiger charge is 2.30.